The first-order valence-electron chi connectivity index (χ1n) is 9.26. The summed E-state index contributed by atoms with van der Waals surface area (Å²) in [5.74, 6) is 0.723. The third-order valence-corrected chi connectivity index (χ3v) is 4.73. The summed E-state index contributed by atoms with van der Waals surface area (Å²) in [5, 5.41) is 0. The highest BCUT2D eigenvalue weighted by atomic mass is 16.6. The number of fused-ring (bicyclic) bond motifs is 1. The van der Waals surface area contributed by atoms with E-state index in [1.165, 1.54) is 10.5 Å². The van der Waals surface area contributed by atoms with Crippen LogP contribution in [0.4, 0.5) is 0 Å². The molecule has 0 unspecified atom stereocenters. The van der Waals surface area contributed by atoms with Crippen LogP contribution in [0.2, 0.25) is 0 Å². The molecule has 6 nitrogen and oxygen atoms in total. The summed E-state index contributed by atoms with van der Waals surface area (Å²) in [6, 6.07) is 11.4. The van der Waals surface area contributed by atoms with Gasteiger partial charge in [0.1, 0.15) is 13.2 Å². The lowest BCUT2D eigenvalue weighted by Gasteiger charge is -2.21. The standard InChI is InChI=1S/C22H25NO5/c1-15-4-5-17(10-16(15)2)12-22(25)28-14-21(24)23(3)13-18-6-7-19-20(11-18)27-9-8-26-19/h4-7,10-11H,8-9,12-14H2,1-3H3. The van der Waals surface area contributed by atoms with Crippen LogP contribution < -0.4 is 9.47 Å². The van der Waals surface area contributed by atoms with Gasteiger partial charge in [0.2, 0.25) is 0 Å². The number of carbonyl (C=O) groups is 2. The molecule has 1 heterocycles. The van der Waals surface area contributed by atoms with Crippen LogP contribution in [0.5, 0.6) is 11.5 Å². The highest BCUT2D eigenvalue weighted by Crippen LogP contribution is 2.31. The van der Waals surface area contributed by atoms with Gasteiger partial charge in [-0.3, -0.25) is 9.59 Å². The minimum atomic E-state index is -0.413. The topological polar surface area (TPSA) is 65.1 Å². The first-order chi connectivity index (χ1) is 13.4. The van der Waals surface area contributed by atoms with Gasteiger partial charge in [-0.25, -0.2) is 0 Å². The Balaban J connectivity index is 1.48. The molecular formula is C22H25NO5. The summed E-state index contributed by atoms with van der Waals surface area (Å²) in [7, 11) is 1.68. The Morgan fingerprint density at radius 2 is 1.68 bits per heavy atom. The zero-order valence-electron chi connectivity index (χ0n) is 16.5. The van der Waals surface area contributed by atoms with Crippen molar-refractivity contribution in [2.24, 2.45) is 0 Å². The van der Waals surface area contributed by atoms with Crippen LogP contribution in [0.3, 0.4) is 0 Å². The number of hydrogen-bond donors (Lipinski definition) is 0. The Bertz CT molecular complexity index is 877. The van der Waals surface area contributed by atoms with Crippen LogP contribution in [-0.4, -0.2) is 43.6 Å². The molecule has 0 N–H and O–H groups in total. The van der Waals surface area contributed by atoms with Crippen molar-refractivity contribution in [3.63, 3.8) is 0 Å². The van der Waals surface area contributed by atoms with Gasteiger partial charge in [0.05, 0.1) is 6.42 Å². The Morgan fingerprint density at radius 1 is 0.964 bits per heavy atom. The fourth-order valence-electron chi connectivity index (χ4n) is 2.93. The van der Waals surface area contributed by atoms with Crippen molar-refractivity contribution in [1.29, 1.82) is 0 Å². The average molecular weight is 383 g/mol. The molecule has 3 rings (SSSR count). The van der Waals surface area contributed by atoms with Gasteiger partial charge in [-0.2, -0.15) is 0 Å². The SMILES string of the molecule is Cc1ccc(CC(=O)OCC(=O)N(C)Cc2ccc3c(c2)OCCO3)cc1C. The Morgan fingerprint density at radius 3 is 2.43 bits per heavy atom. The van der Waals surface area contributed by atoms with Crippen molar-refractivity contribution < 1.29 is 23.8 Å². The lowest BCUT2D eigenvalue weighted by Crippen LogP contribution is -2.31. The van der Waals surface area contributed by atoms with Gasteiger partial charge in [0.15, 0.2) is 18.1 Å². The van der Waals surface area contributed by atoms with E-state index in [4.69, 9.17) is 14.2 Å². The molecule has 2 aromatic carbocycles. The first-order valence-corrected chi connectivity index (χ1v) is 9.26. The fourth-order valence-corrected chi connectivity index (χ4v) is 2.93. The molecule has 6 heteroatoms. The van der Waals surface area contributed by atoms with E-state index in [-0.39, 0.29) is 18.9 Å². The van der Waals surface area contributed by atoms with E-state index in [0.29, 0.717) is 31.3 Å². The molecule has 0 saturated carbocycles. The van der Waals surface area contributed by atoms with Crippen molar-refractivity contribution in [3.05, 3.63) is 58.7 Å². The summed E-state index contributed by atoms with van der Waals surface area (Å²) in [6.45, 7) is 5.20. The Hall–Kier alpha value is -3.02. The van der Waals surface area contributed by atoms with Crippen LogP contribution in [0, 0.1) is 13.8 Å². The van der Waals surface area contributed by atoms with Gasteiger partial charge < -0.3 is 19.1 Å². The van der Waals surface area contributed by atoms with Gasteiger partial charge in [0, 0.05) is 13.6 Å². The Labute approximate surface area is 165 Å². The molecule has 1 amide bonds. The quantitative estimate of drug-likeness (QED) is 0.718. The van der Waals surface area contributed by atoms with Crippen LogP contribution in [-0.2, 0) is 27.3 Å². The second-order valence-electron chi connectivity index (χ2n) is 6.98. The number of aryl methyl sites for hydroxylation is 2. The molecule has 0 radical (unpaired) electrons. The molecule has 0 bridgehead atoms. The van der Waals surface area contributed by atoms with Gasteiger partial charge in [0.25, 0.3) is 5.91 Å². The van der Waals surface area contributed by atoms with E-state index in [1.807, 2.05) is 50.2 Å². The van der Waals surface area contributed by atoms with Crippen molar-refractivity contribution in [3.8, 4) is 11.5 Å². The minimum absolute atomic E-state index is 0.153. The van der Waals surface area contributed by atoms with Crippen molar-refractivity contribution in [2.45, 2.75) is 26.8 Å². The zero-order chi connectivity index (χ0) is 20.1. The van der Waals surface area contributed by atoms with E-state index >= 15 is 0 Å². The average Bonchev–Trinajstić information content (AvgIpc) is 2.69. The third-order valence-electron chi connectivity index (χ3n) is 4.73. The summed E-state index contributed by atoms with van der Waals surface area (Å²) >= 11 is 0. The van der Waals surface area contributed by atoms with Crippen molar-refractivity contribution in [1.82, 2.24) is 4.90 Å². The normalized spacial score (nSPS) is 12.4. The lowest BCUT2D eigenvalue weighted by atomic mass is 10.0. The van der Waals surface area contributed by atoms with Crippen LogP contribution >= 0.6 is 0 Å². The smallest absolute Gasteiger partial charge is 0.310 e. The molecule has 2 aromatic rings. The Kier molecular flexibility index (Phi) is 6.19. The summed E-state index contributed by atoms with van der Waals surface area (Å²) in [6.07, 6.45) is 0.153. The number of amides is 1. The van der Waals surface area contributed by atoms with E-state index in [1.54, 1.807) is 7.05 Å². The second-order valence-corrected chi connectivity index (χ2v) is 6.98. The van der Waals surface area contributed by atoms with Gasteiger partial charge >= 0.3 is 5.97 Å². The minimum Gasteiger partial charge on any atom is -0.486 e. The summed E-state index contributed by atoms with van der Waals surface area (Å²) in [5.41, 5.74) is 4.10. The van der Waals surface area contributed by atoms with E-state index in [9.17, 15) is 9.59 Å². The predicted molar refractivity (Wildman–Crippen MR) is 104 cm³/mol. The molecule has 28 heavy (non-hydrogen) atoms. The van der Waals surface area contributed by atoms with Crippen molar-refractivity contribution >= 4 is 11.9 Å². The van der Waals surface area contributed by atoms with Gasteiger partial charge in [-0.05, 0) is 48.2 Å². The molecule has 1 aliphatic rings. The molecule has 0 aliphatic carbocycles. The number of nitrogens with zero attached hydrogens (tertiary/aromatic N) is 1. The van der Waals surface area contributed by atoms with E-state index in [0.717, 1.165) is 16.7 Å². The first kappa shape index (κ1) is 19.7. The molecule has 1 aliphatic heterocycles. The number of benzene rings is 2. The van der Waals surface area contributed by atoms with Crippen molar-refractivity contribution in [2.75, 3.05) is 26.9 Å². The highest BCUT2D eigenvalue weighted by Gasteiger charge is 2.16. The molecule has 0 fully saturated rings. The molecule has 0 saturated heterocycles. The van der Waals surface area contributed by atoms with Gasteiger partial charge in [-0.1, -0.05) is 24.3 Å². The number of esters is 1. The van der Waals surface area contributed by atoms with Gasteiger partial charge in [-0.15, -0.1) is 0 Å². The highest BCUT2D eigenvalue weighted by molar-refractivity contribution is 5.81. The van der Waals surface area contributed by atoms with Crippen LogP contribution in [0.15, 0.2) is 36.4 Å². The molecular weight excluding hydrogens is 358 g/mol. The maximum Gasteiger partial charge on any atom is 0.310 e. The maximum atomic E-state index is 12.3. The number of ether oxygens (including phenoxy) is 3. The predicted octanol–water partition coefficient (Wildman–Crippen LogP) is 2.82. The van der Waals surface area contributed by atoms with Crippen LogP contribution in [0.1, 0.15) is 22.3 Å². The molecule has 0 atom stereocenters. The summed E-state index contributed by atoms with van der Waals surface area (Å²) < 4.78 is 16.2. The number of carbonyl (C=O) groups excluding carboxylic acids is 2. The second kappa shape index (κ2) is 8.78. The number of hydrogen-bond acceptors (Lipinski definition) is 5. The molecule has 148 valence electrons. The zero-order valence-corrected chi connectivity index (χ0v) is 16.5. The van der Waals surface area contributed by atoms with E-state index in [2.05, 4.69) is 0 Å². The number of rotatable bonds is 6. The fraction of sp³-hybridized carbons (Fsp3) is 0.364. The third kappa shape index (κ3) is 5.03. The van der Waals surface area contributed by atoms with Crippen LogP contribution in [0.25, 0.3) is 0 Å². The molecule has 0 aromatic heterocycles. The lowest BCUT2D eigenvalue weighted by molar-refractivity contribution is -0.151. The number of likely N-dealkylation sites (N-methyl/N-ethyl adjacent to an activating group) is 1. The summed E-state index contributed by atoms with van der Waals surface area (Å²) in [4.78, 5) is 25.8. The maximum absolute atomic E-state index is 12.3. The largest absolute Gasteiger partial charge is 0.486 e. The monoisotopic (exact) mass is 383 g/mol. The molecule has 0 spiro atoms. The van der Waals surface area contributed by atoms with E-state index < -0.39 is 5.97 Å².